The smallest absolute Gasteiger partial charge is 0.295 e. The lowest BCUT2D eigenvalue weighted by atomic mass is 9.95. The number of ketones is 1. The van der Waals surface area contributed by atoms with Crippen molar-refractivity contribution in [3.05, 3.63) is 93.7 Å². The number of aromatic nitrogens is 1. The number of pyridine rings is 1. The van der Waals surface area contributed by atoms with Crippen molar-refractivity contribution >= 4 is 33.4 Å². The van der Waals surface area contributed by atoms with Crippen LogP contribution in [0.1, 0.15) is 22.7 Å². The van der Waals surface area contributed by atoms with E-state index < -0.39 is 17.7 Å². The van der Waals surface area contributed by atoms with E-state index in [1.165, 1.54) is 24.4 Å². The van der Waals surface area contributed by atoms with Gasteiger partial charge in [0.05, 0.1) is 23.2 Å². The van der Waals surface area contributed by atoms with Gasteiger partial charge in [-0.25, -0.2) is 0 Å². The minimum atomic E-state index is -0.868. The zero-order valence-electron chi connectivity index (χ0n) is 17.7. The molecule has 2 heterocycles. The molecule has 0 aliphatic carbocycles. The molecule has 4 rings (SSSR count). The van der Waals surface area contributed by atoms with Crippen LogP contribution in [0.4, 0.5) is 0 Å². The molecule has 8 heteroatoms. The van der Waals surface area contributed by atoms with Gasteiger partial charge in [-0.05, 0) is 57.7 Å². The molecule has 0 spiro atoms. The van der Waals surface area contributed by atoms with E-state index in [4.69, 9.17) is 4.74 Å². The van der Waals surface area contributed by atoms with Gasteiger partial charge in [0, 0.05) is 24.5 Å². The van der Waals surface area contributed by atoms with Gasteiger partial charge in [-0.3, -0.25) is 14.6 Å². The molecule has 1 amide bonds. The summed E-state index contributed by atoms with van der Waals surface area (Å²) in [6, 6.07) is 15.1. The lowest BCUT2D eigenvalue weighted by molar-refractivity contribution is -0.139. The average Bonchev–Trinajstić information content (AvgIpc) is 3.10. The molecule has 0 radical (unpaired) electrons. The minimum Gasteiger partial charge on any atom is -0.507 e. The molecule has 3 aromatic rings. The summed E-state index contributed by atoms with van der Waals surface area (Å²) >= 11 is 3.31. The Labute approximate surface area is 199 Å². The number of aliphatic hydroxyl groups is 1. The van der Waals surface area contributed by atoms with Crippen LogP contribution < -0.4 is 4.74 Å². The summed E-state index contributed by atoms with van der Waals surface area (Å²) in [4.78, 5) is 31.6. The maximum Gasteiger partial charge on any atom is 0.295 e. The zero-order valence-corrected chi connectivity index (χ0v) is 19.3. The van der Waals surface area contributed by atoms with E-state index in [1.807, 2.05) is 30.3 Å². The van der Waals surface area contributed by atoms with Crippen LogP contribution in [-0.4, -0.2) is 45.4 Å². The Balaban J connectivity index is 1.85. The largest absolute Gasteiger partial charge is 0.507 e. The number of aromatic hydroxyl groups is 1. The third kappa shape index (κ3) is 4.34. The number of methoxy groups -OCH3 is 1. The number of nitrogens with zero attached hydrogens (tertiary/aromatic N) is 2. The van der Waals surface area contributed by atoms with Gasteiger partial charge in [-0.15, -0.1) is 0 Å². The predicted molar refractivity (Wildman–Crippen MR) is 126 cm³/mol. The predicted octanol–water partition coefficient (Wildman–Crippen LogP) is 4.22. The molecule has 1 aliphatic rings. The summed E-state index contributed by atoms with van der Waals surface area (Å²) in [5, 5.41) is 21.3. The fourth-order valence-corrected chi connectivity index (χ4v) is 4.38. The second-order valence-electron chi connectivity index (χ2n) is 7.52. The van der Waals surface area contributed by atoms with Gasteiger partial charge in [-0.1, -0.05) is 30.3 Å². The normalized spacial score (nSPS) is 17.4. The number of hydrogen-bond donors (Lipinski definition) is 2. The molecular weight excluding hydrogens is 488 g/mol. The molecule has 1 saturated heterocycles. The number of carbonyl (C=O) groups is 2. The molecule has 2 aromatic carbocycles. The van der Waals surface area contributed by atoms with Crippen molar-refractivity contribution in [3.63, 3.8) is 0 Å². The summed E-state index contributed by atoms with van der Waals surface area (Å²) in [5.74, 6) is -1.68. The van der Waals surface area contributed by atoms with Crippen LogP contribution in [0.25, 0.3) is 5.76 Å². The first kappa shape index (κ1) is 22.5. The van der Waals surface area contributed by atoms with Gasteiger partial charge < -0.3 is 19.8 Å². The Hall–Kier alpha value is -3.65. The molecule has 0 saturated carbocycles. The standard InChI is InChI=1S/C25H21BrN2O5/c1-33-19-14-17(13-18(26)23(19)30)21-20(22(29)16-7-10-27-11-8-16)24(31)25(32)28(21)12-9-15-5-3-2-4-6-15/h2-8,10-11,13-14,21,29-30H,9,12H2,1H3. The Bertz CT molecular complexity index is 1230. The van der Waals surface area contributed by atoms with Gasteiger partial charge >= 0.3 is 0 Å². The number of hydrogen-bond acceptors (Lipinski definition) is 6. The van der Waals surface area contributed by atoms with Crippen LogP contribution in [-0.2, 0) is 16.0 Å². The van der Waals surface area contributed by atoms with Crippen LogP contribution in [0.15, 0.2) is 77.0 Å². The first-order valence-electron chi connectivity index (χ1n) is 10.2. The molecule has 168 valence electrons. The second kappa shape index (κ2) is 9.46. The third-order valence-corrected chi connectivity index (χ3v) is 6.17. The maximum absolute atomic E-state index is 13.1. The van der Waals surface area contributed by atoms with Crippen molar-refractivity contribution in [2.45, 2.75) is 12.5 Å². The molecule has 33 heavy (non-hydrogen) atoms. The number of benzene rings is 2. The number of halogens is 1. The van der Waals surface area contributed by atoms with Crippen molar-refractivity contribution in [1.82, 2.24) is 9.88 Å². The van der Waals surface area contributed by atoms with Gasteiger partial charge in [0.15, 0.2) is 11.5 Å². The molecule has 1 fully saturated rings. The van der Waals surface area contributed by atoms with Crippen LogP contribution in [0.5, 0.6) is 11.5 Å². The molecule has 0 bridgehead atoms. The highest BCUT2D eigenvalue weighted by molar-refractivity contribution is 9.10. The number of rotatable bonds is 6. The molecule has 7 nitrogen and oxygen atoms in total. The molecule has 2 N–H and O–H groups in total. The van der Waals surface area contributed by atoms with Gasteiger partial charge in [-0.2, -0.15) is 0 Å². The number of amides is 1. The maximum atomic E-state index is 13.1. The lowest BCUT2D eigenvalue weighted by Crippen LogP contribution is -2.31. The summed E-state index contributed by atoms with van der Waals surface area (Å²) in [6.07, 6.45) is 3.52. The monoisotopic (exact) mass is 508 g/mol. The summed E-state index contributed by atoms with van der Waals surface area (Å²) in [7, 11) is 1.41. The minimum absolute atomic E-state index is 0.0288. The number of phenols is 1. The van der Waals surface area contributed by atoms with Crippen molar-refractivity contribution in [3.8, 4) is 11.5 Å². The van der Waals surface area contributed by atoms with E-state index in [-0.39, 0.29) is 29.4 Å². The SMILES string of the molecule is COc1cc(C2C(=C(O)c3ccncc3)C(=O)C(=O)N2CCc2ccccc2)cc(Br)c1O. The fourth-order valence-electron chi connectivity index (χ4n) is 3.92. The fraction of sp³-hybridized carbons (Fsp3) is 0.160. The number of aliphatic hydroxyl groups excluding tert-OH is 1. The summed E-state index contributed by atoms with van der Waals surface area (Å²) in [6.45, 7) is 0.257. The van der Waals surface area contributed by atoms with E-state index in [9.17, 15) is 19.8 Å². The van der Waals surface area contributed by atoms with Crippen LogP contribution in [0.2, 0.25) is 0 Å². The number of Topliss-reactive ketones (excluding diaryl/α,β-unsaturated/α-hetero) is 1. The zero-order chi connectivity index (χ0) is 23.5. The molecule has 1 unspecified atom stereocenters. The first-order valence-corrected chi connectivity index (χ1v) is 11.0. The van der Waals surface area contributed by atoms with Gasteiger partial charge in [0.2, 0.25) is 0 Å². The number of ether oxygens (including phenoxy) is 1. The van der Waals surface area contributed by atoms with Crippen LogP contribution in [0.3, 0.4) is 0 Å². The van der Waals surface area contributed by atoms with E-state index in [0.717, 1.165) is 5.56 Å². The van der Waals surface area contributed by atoms with Crippen LogP contribution >= 0.6 is 15.9 Å². The van der Waals surface area contributed by atoms with Gasteiger partial charge in [0.25, 0.3) is 11.7 Å². The number of carbonyl (C=O) groups excluding carboxylic acids is 2. The topological polar surface area (TPSA) is 100.0 Å². The highest BCUT2D eigenvalue weighted by Crippen LogP contribution is 2.44. The number of phenolic OH excluding ortho intramolecular Hbond substituents is 1. The second-order valence-corrected chi connectivity index (χ2v) is 8.37. The molecule has 1 aromatic heterocycles. The van der Waals surface area contributed by atoms with Gasteiger partial charge in [0.1, 0.15) is 5.76 Å². The van der Waals surface area contributed by atoms with Crippen molar-refractivity contribution in [2.75, 3.05) is 13.7 Å². The highest BCUT2D eigenvalue weighted by atomic mass is 79.9. The third-order valence-electron chi connectivity index (χ3n) is 5.56. The Kier molecular flexibility index (Phi) is 6.46. The van der Waals surface area contributed by atoms with Crippen molar-refractivity contribution in [2.24, 2.45) is 0 Å². The Morgan fingerprint density at radius 2 is 1.82 bits per heavy atom. The van der Waals surface area contributed by atoms with E-state index in [2.05, 4.69) is 20.9 Å². The number of likely N-dealkylation sites (tertiary alicyclic amines) is 1. The lowest BCUT2D eigenvalue weighted by Gasteiger charge is -2.26. The average molecular weight is 509 g/mol. The van der Waals surface area contributed by atoms with Crippen molar-refractivity contribution in [1.29, 1.82) is 0 Å². The first-order chi connectivity index (χ1) is 15.9. The summed E-state index contributed by atoms with van der Waals surface area (Å²) in [5.41, 5.74) is 1.87. The molecular formula is C25H21BrN2O5. The van der Waals surface area contributed by atoms with E-state index >= 15 is 0 Å². The molecule has 1 aliphatic heterocycles. The Morgan fingerprint density at radius 1 is 1.12 bits per heavy atom. The Morgan fingerprint density at radius 3 is 2.48 bits per heavy atom. The van der Waals surface area contributed by atoms with E-state index in [0.29, 0.717) is 22.0 Å². The van der Waals surface area contributed by atoms with E-state index in [1.54, 1.807) is 24.3 Å². The molecule has 1 atom stereocenters. The summed E-state index contributed by atoms with van der Waals surface area (Å²) < 4.78 is 5.61. The quantitative estimate of drug-likeness (QED) is 0.293. The van der Waals surface area contributed by atoms with Crippen molar-refractivity contribution < 1.29 is 24.5 Å². The van der Waals surface area contributed by atoms with Crippen LogP contribution in [0, 0.1) is 0 Å². The highest BCUT2D eigenvalue weighted by Gasteiger charge is 2.46.